The van der Waals surface area contributed by atoms with Crippen LogP contribution >= 0.6 is 0 Å². The highest BCUT2D eigenvalue weighted by atomic mass is 16.5. The van der Waals surface area contributed by atoms with Crippen molar-refractivity contribution in [2.45, 2.75) is 32.4 Å². The average molecular weight is 234 g/mol. The SMILES string of the molecule is CNC1C(=O)Nc2cc(OC(C)(C)C)ccc21. The van der Waals surface area contributed by atoms with Gasteiger partial charge in [-0.05, 0) is 33.9 Å². The molecule has 0 aromatic heterocycles. The first-order valence-corrected chi connectivity index (χ1v) is 5.72. The van der Waals surface area contributed by atoms with Gasteiger partial charge in [0.15, 0.2) is 0 Å². The summed E-state index contributed by atoms with van der Waals surface area (Å²) in [5.74, 6) is 0.753. The lowest BCUT2D eigenvalue weighted by molar-refractivity contribution is -0.117. The minimum atomic E-state index is -0.256. The predicted octanol–water partition coefficient (Wildman–Crippen LogP) is 2.08. The fraction of sp³-hybridized carbons (Fsp3) is 0.462. The second kappa shape index (κ2) is 4.04. The molecular formula is C13H18N2O2. The monoisotopic (exact) mass is 234 g/mol. The van der Waals surface area contributed by atoms with Gasteiger partial charge in [-0.15, -0.1) is 0 Å². The summed E-state index contributed by atoms with van der Waals surface area (Å²) in [5.41, 5.74) is 1.56. The molecule has 2 N–H and O–H groups in total. The van der Waals surface area contributed by atoms with Crippen molar-refractivity contribution in [2.75, 3.05) is 12.4 Å². The lowest BCUT2D eigenvalue weighted by atomic mass is 10.1. The third-order valence-corrected chi connectivity index (χ3v) is 2.57. The van der Waals surface area contributed by atoms with Gasteiger partial charge in [0.2, 0.25) is 5.91 Å². The number of amides is 1. The van der Waals surface area contributed by atoms with Crippen molar-refractivity contribution in [1.29, 1.82) is 0 Å². The minimum absolute atomic E-state index is 0.0181. The highest BCUT2D eigenvalue weighted by molar-refractivity contribution is 6.02. The Kier molecular flexibility index (Phi) is 2.83. The number of carbonyl (C=O) groups is 1. The summed E-state index contributed by atoms with van der Waals surface area (Å²) in [4.78, 5) is 11.6. The van der Waals surface area contributed by atoms with E-state index in [1.54, 1.807) is 7.05 Å². The van der Waals surface area contributed by atoms with Crippen LogP contribution < -0.4 is 15.4 Å². The number of nitrogens with one attached hydrogen (secondary N) is 2. The summed E-state index contributed by atoms with van der Waals surface area (Å²) in [6, 6.07) is 5.44. The molecule has 0 fully saturated rings. The van der Waals surface area contributed by atoms with Gasteiger partial charge in [0, 0.05) is 17.3 Å². The number of hydrogen-bond acceptors (Lipinski definition) is 3. The molecule has 1 aliphatic heterocycles. The fourth-order valence-corrected chi connectivity index (χ4v) is 1.95. The molecule has 0 radical (unpaired) electrons. The van der Waals surface area contributed by atoms with Crippen molar-refractivity contribution in [3.63, 3.8) is 0 Å². The molecule has 1 unspecified atom stereocenters. The Hall–Kier alpha value is -1.55. The summed E-state index contributed by atoms with van der Waals surface area (Å²) in [6.45, 7) is 5.99. The molecule has 1 heterocycles. The van der Waals surface area contributed by atoms with E-state index >= 15 is 0 Å². The van der Waals surface area contributed by atoms with Crippen molar-refractivity contribution in [3.8, 4) is 5.75 Å². The maximum Gasteiger partial charge on any atom is 0.246 e. The topological polar surface area (TPSA) is 50.4 Å². The average Bonchev–Trinajstić information content (AvgIpc) is 2.50. The van der Waals surface area contributed by atoms with E-state index in [-0.39, 0.29) is 17.6 Å². The van der Waals surface area contributed by atoms with E-state index in [4.69, 9.17) is 4.74 Å². The van der Waals surface area contributed by atoms with Crippen molar-refractivity contribution in [3.05, 3.63) is 23.8 Å². The van der Waals surface area contributed by atoms with Crippen LogP contribution in [0.1, 0.15) is 32.4 Å². The summed E-state index contributed by atoms with van der Waals surface area (Å²) < 4.78 is 5.76. The van der Waals surface area contributed by atoms with Crippen LogP contribution in [0.3, 0.4) is 0 Å². The van der Waals surface area contributed by atoms with Crippen LogP contribution in [0.4, 0.5) is 5.69 Å². The standard InChI is InChI=1S/C13H18N2O2/c1-13(2,3)17-8-5-6-9-10(7-8)15-12(16)11(9)14-4/h5-7,11,14H,1-4H3,(H,15,16). The highest BCUT2D eigenvalue weighted by Crippen LogP contribution is 2.34. The number of ether oxygens (including phenoxy) is 1. The fourth-order valence-electron chi connectivity index (χ4n) is 1.95. The smallest absolute Gasteiger partial charge is 0.246 e. The Labute approximate surface area is 101 Å². The van der Waals surface area contributed by atoms with E-state index in [1.807, 2.05) is 39.0 Å². The predicted molar refractivity (Wildman–Crippen MR) is 67.3 cm³/mol. The van der Waals surface area contributed by atoms with Crippen molar-refractivity contribution in [1.82, 2.24) is 5.32 Å². The summed E-state index contributed by atoms with van der Waals surface area (Å²) >= 11 is 0. The molecule has 4 heteroatoms. The second-order valence-electron chi connectivity index (χ2n) is 5.17. The molecule has 0 spiro atoms. The van der Waals surface area contributed by atoms with Gasteiger partial charge in [0.25, 0.3) is 0 Å². The third-order valence-electron chi connectivity index (χ3n) is 2.57. The maximum atomic E-state index is 11.6. The van der Waals surface area contributed by atoms with Gasteiger partial charge < -0.3 is 15.4 Å². The van der Waals surface area contributed by atoms with Crippen LogP contribution in [0.2, 0.25) is 0 Å². The third kappa shape index (κ3) is 2.42. The molecule has 1 amide bonds. The Morgan fingerprint density at radius 2 is 2.06 bits per heavy atom. The van der Waals surface area contributed by atoms with E-state index in [0.717, 1.165) is 17.0 Å². The van der Waals surface area contributed by atoms with Crippen molar-refractivity contribution in [2.24, 2.45) is 0 Å². The number of benzene rings is 1. The van der Waals surface area contributed by atoms with E-state index in [1.165, 1.54) is 0 Å². The van der Waals surface area contributed by atoms with Crippen LogP contribution in [0.25, 0.3) is 0 Å². The number of carbonyl (C=O) groups excluding carboxylic acids is 1. The van der Waals surface area contributed by atoms with E-state index in [2.05, 4.69) is 10.6 Å². The molecule has 0 bridgehead atoms. The van der Waals surface area contributed by atoms with Crippen LogP contribution in [-0.2, 0) is 4.79 Å². The minimum Gasteiger partial charge on any atom is -0.488 e. The largest absolute Gasteiger partial charge is 0.488 e. The summed E-state index contributed by atoms with van der Waals surface area (Å²) in [6.07, 6.45) is 0. The number of likely N-dealkylation sites (N-methyl/N-ethyl adjacent to an activating group) is 1. The van der Waals surface area contributed by atoms with Crippen LogP contribution in [-0.4, -0.2) is 18.6 Å². The molecule has 0 aliphatic carbocycles. The first-order chi connectivity index (χ1) is 7.90. The Morgan fingerprint density at radius 3 is 2.65 bits per heavy atom. The maximum absolute atomic E-state index is 11.6. The molecule has 4 nitrogen and oxygen atoms in total. The molecule has 1 aliphatic rings. The number of fused-ring (bicyclic) bond motifs is 1. The molecule has 0 saturated heterocycles. The Balaban J connectivity index is 2.29. The summed E-state index contributed by atoms with van der Waals surface area (Å²) in [7, 11) is 1.78. The molecule has 1 atom stereocenters. The number of hydrogen-bond donors (Lipinski definition) is 2. The molecule has 2 rings (SSSR count). The Morgan fingerprint density at radius 1 is 1.35 bits per heavy atom. The van der Waals surface area contributed by atoms with Gasteiger partial charge in [-0.2, -0.15) is 0 Å². The molecule has 0 saturated carbocycles. The van der Waals surface area contributed by atoms with Crippen LogP contribution in [0, 0.1) is 0 Å². The van der Waals surface area contributed by atoms with E-state index in [0.29, 0.717) is 0 Å². The van der Waals surface area contributed by atoms with Gasteiger partial charge >= 0.3 is 0 Å². The lowest BCUT2D eigenvalue weighted by Crippen LogP contribution is -2.23. The molecule has 1 aromatic carbocycles. The first-order valence-electron chi connectivity index (χ1n) is 5.72. The van der Waals surface area contributed by atoms with Crippen molar-refractivity contribution < 1.29 is 9.53 Å². The van der Waals surface area contributed by atoms with Gasteiger partial charge in [0.05, 0.1) is 0 Å². The van der Waals surface area contributed by atoms with Gasteiger partial charge in [-0.25, -0.2) is 0 Å². The van der Waals surface area contributed by atoms with Crippen LogP contribution in [0.15, 0.2) is 18.2 Å². The number of rotatable bonds is 2. The zero-order chi connectivity index (χ0) is 12.6. The second-order valence-corrected chi connectivity index (χ2v) is 5.17. The van der Waals surface area contributed by atoms with E-state index < -0.39 is 0 Å². The van der Waals surface area contributed by atoms with Gasteiger partial charge in [0.1, 0.15) is 17.4 Å². The first kappa shape index (κ1) is 11.9. The van der Waals surface area contributed by atoms with Crippen molar-refractivity contribution >= 4 is 11.6 Å². The molecule has 92 valence electrons. The molecule has 17 heavy (non-hydrogen) atoms. The number of anilines is 1. The summed E-state index contributed by atoms with van der Waals surface area (Å²) in [5, 5.41) is 5.83. The Bertz CT molecular complexity index is 449. The zero-order valence-electron chi connectivity index (χ0n) is 10.6. The molecule has 1 aromatic rings. The van der Waals surface area contributed by atoms with E-state index in [9.17, 15) is 4.79 Å². The quantitative estimate of drug-likeness (QED) is 0.823. The molecular weight excluding hydrogens is 216 g/mol. The van der Waals surface area contributed by atoms with Crippen LogP contribution in [0.5, 0.6) is 5.75 Å². The lowest BCUT2D eigenvalue weighted by Gasteiger charge is -2.21. The van der Waals surface area contributed by atoms with Gasteiger partial charge in [-0.1, -0.05) is 6.07 Å². The highest BCUT2D eigenvalue weighted by Gasteiger charge is 2.29. The normalized spacial score (nSPS) is 18.8. The zero-order valence-corrected chi connectivity index (χ0v) is 10.6. The van der Waals surface area contributed by atoms with Gasteiger partial charge in [-0.3, -0.25) is 4.79 Å².